The van der Waals surface area contributed by atoms with Gasteiger partial charge in [0.15, 0.2) is 8.32 Å². The quantitative estimate of drug-likeness (QED) is 0.668. The number of nitrogens with zero attached hydrogens (tertiary/aromatic N) is 1. The van der Waals surface area contributed by atoms with E-state index in [0.29, 0.717) is 11.5 Å². The molecular weight excluding hydrogens is 350 g/mol. The van der Waals surface area contributed by atoms with Gasteiger partial charge in [0.05, 0.1) is 16.3 Å². The van der Waals surface area contributed by atoms with E-state index >= 15 is 0 Å². The Morgan fingerprint density at radius 2 is 1.72 bits per heavy atom. The Labute approximate surface area is 154 Å². The molecule has 1 amide bonds. The number of benzene rings is 1. The Balaban J connectivity index is 3.08. The topological polar surface area (TPSA) is 55.7 Å². The second kappa shape index (κ2) is 7.33. The summed E-state index contributed by atoms with van der Waals surface area (Å²) in [6.45, 7) is 16.8. The van der Waals surface area contributed by atoms with E-state index in [0.717, 1.165) is 5.56 Å². The molecule has 0 radical (unpaired) electrons. The van der Waals surface area contributed by atoms with Crippen molar-refractivity contribution in [2.75, 3.05) is 6.26 Å². The summed E-state index contributed by atoms with van der Waals surface area (Å²) >= 11 is 0. The molecular formula is C19H33NO3SSi. The minimum absolute atomic E-state index is 0.136. The van der Waals surface area contributed by atoms with Crippen molar-refractivity contribution in [2.45, 2.75) is 71.2 Å². The van der Waals surface area contributed by atoms with Gasteiger partial charge in [0.2, 0.25) is 0 Å². The smallest absolute Gasteiger partial charge is 0.259 e. The molecule has 0 aromatic heterocycles. The molecule has 0 bridgehead atoms. The van der Waals surface area contributed by atoms with E-state index in [2.05, 4.69) is 38.2 Å². The van der Waals surface area contributed by atoms with E-state index < -0.39 is 23.5 Å². The number of hydrogen-bond acceptors (Lipinski definition) is 3. The largest absolute Gasteiger partial charge is 0.413 e. The number of rotatable bonds is 4. The van der Waals surface area contributed by atoms with Crippen LogP contribution in [0.15, 0.2) is 33.5 Å². The molecule has 1 aromatic rings. The third-order valence-electron chi connectivity index (χ3n) is 4.64. The number of amides is 1. The first-order valence-corrected chi connectivity index (χ1v) is 13.4. The molecule has 142 valence electrons. The lowest BCUT2D eigenvalue weighted by atomic mass is 9.96. The van der Waals surface area contributed by atoms with Crippen LogP contribution in [0.25, 0.3) is 0 Å². The van der Waals surface area contributed by atoms with Crippen LogP contribution in [0.2, 0.25) is 18.1 Å². The average Bonchev–Trinajstić information content (AvgIpc) is 2.43. The molecule has 1 atom stereocenters. The summed E-state index contributed by atoms with van der Waals surface area (Å²) in [5.41, 5.74) is 0.317. The highest BCUT2D eigenvalue weighted by molar-refractivity contribution is 7.93. The fraction of sp³-hybridized carbons (Fsp3) is 0.632. The lowest BCUT2D eigenvalue weighted by Gasteiger charge is -2.36. The van der Waals surface area contributed by atoms with Gasteiger partial charge in [-0.1, -0.05) is 53.7 Å². The maximum absolute atomic E-state index is 12.9. The molecule has 0 fully saturated rings. The Kier molecular flexibility index (Phi) is 6.47. The summed E-state index contributed by atoms with van der Waals surface area (Å²) in [5.74, 6) is -0.345. The Hall–Kier alpha value is -0.983. The van der Waals surface area contributed by atoms with E-state index in [1.807, 2.05) is 18.2 Å². The summed E-state index contributed by atoms with van der Waals surface area (Å²) in [4.78, 5) is 12.7. The van der Waals surface area contributed by atoms with Gasteiger partial charge >= 0.3 is 0 Å². The lowest BCUT2D eigenvalue weighted by molar-refractivity contribution is -0.124. The molecule has 0 spiro atoms. The van der Waals surface area contributed by atoms with Gasteiger partial charge in [-0.3, -0.25) is 4.79 Å². The van der Waals surface area contributed by atoms with Gasteiger partial charge in [-0.2, -0.15) is 4.36 Å². The maximum Gasteiger partial charge on any atom is 0.259 e. The van der Waals surface area contributed by atoms with Crippen LogP contribution in [-0.4, -0.2) is 24.7 Å². The minimum atomic E-state index is -2.77. The molecule has 0 saturated carbocycles. The third kappa shape index (κ3) is 6.04. The Bertz CT molecular complexity index is 749. The summed E-state index contributed by atoms with van der Waals surface area (Å²) in [5, 5.41) is 0.136. The van der Waals surface area contributed by atoms with Crippen molar-refractivity contribution in [1.29, 1.82) is 0 Å². The zero-order valence-corrected chi connectivity index (χ0v) is 18.9. The van der Waals surface area contributed by atoms with Gasteiger partial charge < -0.3 is 4.43 Å². The highest BCUT2D eigenvalue weighted by Crippen LogP contribution is 2.37. The molecule has 0 aliphatic heterocycles. The molecule has 0 N–H and O–H groups in total. The van der Waals surface area contributed by atoms with Crippen molar-refractivity contribution in [3.8, 4) is 0 Å². The van der Waals surface area contributed by atoms with Crippen molar-refractivity contribution < 1.29 is 13.4 Å². The molecule has 0 heterocycles. The van der Waals surface area contributed by atoms with Crippen molar-refractivity contribution in [2.24, 2.45) is 9.78 Å². The highest BCUT2D eigenvalue weighted by atomic mass is 32.2. The maximum atomic E-state index is 12.9. The molecule has 1 rings (SSSR count). The molecule has 0 aliphatic rings. The van der Waals surface area contributed by atoms with Crippen LogP contribution >= 0.6 is 0 Å². The number of carbonyl (C=O) groups is 1. The normalized spacial score (nSPS) is 15.6. The standard InChI is InChI=1S/C19H33NO3SSi/c1-18(2,3)17(21)20-24(7,22)16-12-10-11-15(13-16)14-23-25(8,9)19(4,5)6/h10-13H,14H2,1-9H3. The lowest BCUT2D eigenvalue weighted by Crippen LogP contribution is -2.40. The first-order chi connectivity index (χ1) is 11.1. The van der Waals surface area contributed by atoms with Crippen LogP contribution < -0.4 is 0 Å². The first-order valence-electron chi connectivity index (χ1n) is 8.56. The molecule has 0 saturated heterocycles. The zero-order chi connectivity index (χ0) is 19.7. The molecule has 6 heteroatoms. The number of carbonyl (C=O) groups excluding carboxylic acids is 1. The van der Waals surface area contributed by atoms with Crippen LogP contribution in [0, 0.1) is 5.41 Å². The SMILES string of the molecule is CC(C)(C)C(=O)N=S(C)(=O)c1cccc(CO[Si](C)(C)C(C)(C)C)c1. The van der Waals surface area contributed by atoms with Crippen LogP contribution in [-0.2, 0) is 25.6 Å². The van der Waals surface area contributed by atoms with Crippen LogP contribution in [0.1, 0.15) is 47.1 Å². The molecule has 0 aliphatic carbocycles. The predicted octanol–water partition coefficient (Wildman–Crippen LogP) is 5.24. The fourth-order valence-electron chi connectivity index (χ4n) is 1.70. The van der Waals surface area contributed by atoms with Gasteiger partial charge in [0.1, 0.15) is 0 Å². The average molecular weight is 384 g/mol. The number of hydrogen-bond donors (Lipinski definition) is 0. The molecule has 1 unspecified atom stereocenters. The summed E-state index contributed by atoms with van der Waals surface area (Å²) < 4.78 is 23.2. The minimum Gasteiger partial charge on any atom is -0.413 e. The fourth-order valence-corrected chi connectivity index (χ4v) is 4.06. The Morgan fingerprint density at radius 1 is 1.16 bits per heavy atom. The molecule has 25 heavy (non-hydrogen) atoms. The third-order valence-corrected chi connectivity index (χ3v) is 10.8. The summed E-state index contributed by atoms with van der Waals surface area (Å²) in [7, 11) is -4.62. The molecule has 1 aromatic carbocycles. The van der Waals surface area contributed by atoms with Crippen LogP contribution in [0.4, 0.5) is 0 Å². The van der Waals surface area contributed by atoms with Gasteiger partial charge in [0, 0.05) is 16.6 Å². The van der Waals surface area contributed by atoms with Gasteiger partial charge in [-0.25, -0.2) is 4.21 Å². The van der Waals surface area contributed by atoms with E-state index in [4.69, 9.17) is 4.43 Å². The van der Waals surface area contributed by atoms with E-state index in [1.165, 1.54) is 6.26 Å². The van der Waals surface area contributed by atoms with E-state index in [9.17, 15) is 9.00 Å². The zero-order valence-electron chi connectivity index (χ0n) is 17.1. The second-order valence-corrected chi connectivity index (χ2v) is 16.2. The first kappa shape index (κ1) is 22.1. The predicted molar refractivity (Wildman–Crippen MR) is 108 cm³/mol. The highest BCUT2D eigenvalue weighted by Gasteiger charge is 2.37. The van der Waals surface area contributed by atoms with Crippen molar-refractivity contribution in [3.05, 3.63) is 29.8 Å². The van der Waals surface area contributed by atoms with Gasteiger partial charge in [0.25, 0.3) is 5.91 Å². The molecule has 4 nitrogen and oxygen atoms in total. The van der Waals surface area contributed by atoms with Crippen molar-refractivity contribution in [1.82, 2.24) is 0 Å². The van der Waals surface area contributed by atoms with Crippen molar-refractivity contribution in [3.63, 3.8) is 0 Å². The van der Waals surface area contributed by atoms with Crippen LogP contribution in [0.5, 0.6) is 0 Å². The summed E-state index contributed by atoms with van der Waals surface area (Å²) in [6.07, 6.45) is 1.52. The van der Waals surface area contributed by atoms with Crippen molar-refractivity contribution >= 4 is 24.0 Å². The van der Waals surface area contributed by atoms with E-state index in [1.54, 1.807) is 26.8 Å². The second-order valence-electron chi connectivity index (χ2n) is 9.15. The Morgan fingerprint density at radius 3 is 2.20 bits per heavy atom. The summed E-state index contributed by atoms with van der Waals surface area (Å²) in [6, 6.07) is 7.41. The van der Waals surface area contributed by atoms with Gasteiger partial charge in [-0.05, 0) is 35.8 Å². The monoisotopic (exact) mass is 383 g/mol. The van der Waals surface area contributed by atoms with Gasteiger partial charge in [-0.15, -0.1) is 0 Å². The van der Waals surface area contributed by atoms with E-state index in [-0.39, 0.29) is 10.9 Å². The van der Waals surface area contributed by atoms with Crippen LogP contribution in [0.3, 0.4) is 0 Å².